The van der Waals surface area contributed by atoms with Crippen molar-refractivity contribution < 1.29 is 14.6 Å². The summed E-state index contributed by atoms with van der Waals surface area (Å²) in [7, 11) is 2.04. The van der Waals surface area contributed by atoms with Crippen LogP contribution in [-0.2, 0) is 4.74 Å². The van der Waals surface area contributed by atoms with Crippen LogP contribution in [0.1, 0.15) is 12.8 Å². The van der Waals surface area contributed by atoms with E-state index in [1.54, 1.807) is 6.07 Å². The molecule has 5 nitrogen and oxygen atoms in total. The second-order valence-electron chi connectivity index (χ2n) is 5.29. The number of rotatable bonds is 6. The summed E-state index contributed by atoms with van der Waals surface area (Å²) in [5.74, 6) is 0.625. The van der Waals surface area contributed by atoms with E-state index in [9.17, 15) is 5.11 Å². The number of para-hydroxylation sites is 2. The van der Waals surface area contributed by atoms with E-state index in [1.165, 1.54) is 0 Å². The molecule has 0 spiro atoms. The zero-order valence-corrected chi connectivity index (χ0v) is 12.0. The summed E-state index contributed by atoms with van der Waals surface area (Å²) in [5.41, 5.74) is 6.39. The molecular weight excluding hydrogens is 256 g/mol. The Bertz CT molecular complexity index is 408. The molecule has 1 atom stereocenters. The molecule has 3 N–H and O–H groups in total. The molecule has 2 rings (SSSR count). The van der Waals surface area contributed by atoms with Gasteiger partial charge in [-0.25, -0.2) is 0 Å². The minimum absolute atomic E-state index is 0.252. The van der Waals surface area contributed by atoms with Crippen LogP contribution in [0.15, 0.2) is 24.3 Å². The average Bonchev–Trinajstić information content (AvgIpc) is 2.47. The summed E-state index contributed by atoms with van der Waals surface area (Å²) < 4.78 is 10.9. The third kappa shape index (κ3) is 4.37. The fourth-order valence-electron chi connectivity index (χ4n) is 2.46. The van der Waals surface area contributed by atoms with E-state index >= 15 is 0 Å². The lowest BCUT2D eigenvalue weighted by atomic mass is 10.1. The number of hydrogen-bond acceptors (Lipinski definition) is 5. The van der Waals surface area contributed by atoms with Gasteiger partial charge in [-0.15, -0.1) is 0 Å². The molecule has 1 heterocycles. The molecule has 1 aromatic carbocycles. The third-order valence-corrected chi connectivity index (χ3v) is 3.66. The van der Waals surface area contributed by atoms with Crippen LogP contribution in [0, 0.1) is 0 Å². The van der Waals surface area contributed by atoms with E-state index in [1.807, 2.05) is 25.2 Å². The van der Waals surface area contributed by atoms with Gasteiger partial charge in [0.25, 0.3) is 0 Å². The van der Waals surface area contributed by atoms with Crippen molar-refractivity contribution in [1.29, 1.82) is 0 Å². The Kier molecular flexibility index (Phi) is 5.64. The maximum Gasteiger partial charge on any atom is 0.142 e. The van der Waals surface area contributed by atoms with Gasteiger partial charge in [-0.2, -0.15) is 0 Å². The first-order valence-electron chi connectivity index (χ1n) is 7.10. The van der Waals surface area contributed by atoms with Crippen LogP contribution in [0.3, 0.4) is 0 Å². The first-order chi connectivity index (χ1) is 9.66. The standard InChI is InChI=1S/C15H24N2O3/c1-17(12-6-8-19-9-7-12)10-13(18)11-20-15-5-3-2-4-14(15)16/h2-5,12-13,18H,6-11,16H2,1H3. The van der Waals surface area contributed by atoms with E-state index in [0.717, 1.165) is 26.1 Å². The Labute approximate surface area is 120 Å². The van der Waals surface area contributed by atoms with E-state index in [4.69, 9.17) is 15.2 Å². The number of likely N-dealkylation sites (N-methyl/N-ethyl adjacent to an activating group) is 1. The normalized spacial score (nSPS) is 18.1. The second-order valence-corrected chi connectivity index (χ2v) is 5.29. The van der Waals surface area contributed by atoms with Gasteiger partial charge in [0.2, 0.25) is 0 Å². The average molecular weight is 280 g/mol. The largest absolute Gasteiger partial charge is 0.489 e. The van der Waals surface area contributed by atoms with Gasteiger partial charge in [0, 0.05) is 25.8 Å². The van der Waals surface area contributed by atoms with Crippen LogP contribution in [0.5, 0.6) is 5.75 Å². The predicted molar refractivity (Wildman–Crippen MR) is 78.8 cm³/mol. The third-order valence-electron chi connectivity index (χ3n) is 3.66. The zero-order chi connectivity index (χ0) is 14.4. The fraction of sp³-hybridized carbons (Fsp3) is 0.600. The number of hydrogen-bond donors (Lipinski definition) is 2. The van der Waals surface area contributed by atoms with E-state index in [-0.39, 0.29) is 6.61 Å². The predicted octanol–water partition coefficient (Wildman–Crippen LogP) is 1.12. The van der Waals surface area contributed by atoms with Crippen LogP contribution in [0.2, 0.25) is 0 Å². The van der Waals surface area contributed by atoms with Crippen LogP contribution < -0.4 is 10.5 Å². The van der Waals surface area contributed by atoms with Crippen molar-refractivity contribution in [3.8, 4) is 5.75 Å². The van der Waals surface area contributed by atoms with Crippen molar-refractivity contribution in [2.45, 2.75) is 25.0 Å². The Balaban J connectivity index is 1.74. The molecule has 0 bridgehead atoms. The molecule has 112 valence electrons. The van der Waals surface area contributed by atoms with Gasteiger partial charge in [0.15, 0.2) is 0 Å². The first kappa shape index (κ1) is 15.1. The molecule has 0 saturated carbocycles. The maximum absolute atomic E-state index is 10.1. The minimum Gasteiger partial charge on any atom is -0.489 e. The van der Waals surface area contributed by atoms with Gasteiger partial charge in [-0.05, 0) is 32.0 Å². The van der Waals surface area contributed by atoms with Gasteiger partial charge in [-0.3, -0.25) is 0 Å². The highest BCUT2D eigenvalue weighted by Crippen LogP contribution is 2.20. The SMILES string of the molecule is CN(CC(O)COc1ccccc1N)C1CCOCC1. The van der Waals surface area contributed by atoms with Crippen LogP contribution in [0.25, 0.3) is 0 Å². The molecule has 1 aliphatic rings. The number of nitrogens with two attached hydrogens (primary N) is 1. The smallest absolute Gasteiger partial charge is 0.142 e. The van der Waals surface area contributed by atoms with Gasteiger partial charge < -0.3 is 25.2 Å². The molecular formula is C15H24N2O3. The number of aliphatic hydroxyl groups is 1. The minimum atomic E-state index is -0.526. The zero-order valence-electron chi connectivity index (χ0n) is 12.0. The molecule has 1 fully saturated rings. The van der Waals surface area contributed by atoms with Crippen LogP contribution >= 0.6 is 0 Å². The number of anilines is 1. The van der Waals surface area contributed by atoms with E-state index < -0.39 is 6.10 Å². The Morgan fingerprint density at radius 3 is 2.80 bits per heavy atom. The lowest BCUT2D eigenvalue weighted by Gasteiger charge is -2.32. The van der Waals surface area contributed by atoms with Gasteiger partial charge in [0.05, 0.1) is 5.69 Å². The molecule has 0 amide bonds. The van der Waals surface area contributed by atoms with E-state index in [2.05, 4.69) is 4.90 Å². The lowest BCUT2D eigenvalue weighted by molar-refractivity contribution is 0.0160. The van der Waals surface area contributed by atoms with Crippen molar-refractivity contribution in [2.24, 2.45) is 0 Å². The highest BCUT2D eigenvalue weighted by molar-refractivity contribution is 5.51. The summed E-state index contributed by atoms with van der Waals surface area (Å²) in [4.78, 5) is 2.19. The quantitative estimate of drug-likeness (QED) is 0.764. The number of nitrogens with zero attached hydrogens (tertiary/aromatic N) is 1. The molecule has 0 aromatic heterocycles. The molecule has 20 heavy (non-hydrogen) atoms. The van der Waals surface area contributed by atoms with Gasteiger partial charge in [-0.1, -0.05) is 12.1 Å². The molecule has 0 radical (unpaired) electrons. The summed E-state index contributed by atoms with van der Waals surface area (Å²) in [6.07, 6.45) is 1.52. The van der Waals surface area contributed by atoms with Gasteiger partial charge >= 0.3 is 0 Å². The number of benzene rings is 1. The molecule has 1 aromatic rings. The van der Waals surface area contributed by atoms with E-state index in [0.29, 0.717) is 24.0 Å². The molecule has 1 aliphatic heterocycles. The van der Waals surface area contributed by atoms with Gasteiger partial charge in [0.1, 0.15) is 18.5 Å². The topological polar surface area (TPSA) is 68.0 Å². The summed E-state index contributed by atoms with van der Waals surface area (Å²) in [5, 5.41) is 10.1. The second kappa shape index (κ2) is 7.47. The molecule has 5 heteroatoms. The van der Waals surface area contributed by atoms with Crippen LogP contribution in [-0.4, -0.2) is 55.6 Å². The van der Waals surface area contributed by atoms with Crippen LogP contribution in [0.4, 0.5) is 5.69 Å². The Morgan fingerprint density at radius 2 is 2.10 bits per heavy atom. The lowest BCUT2D eigenvalue weighted by Crippen LogP contribution is -2.42. The molecule has 1 saturated heterocycles. The van der Waals surface area contributed by atoms with Crippen molar-refractivity contribution in [1.82, 2.24) is 4.90 Å². The van der Waals surface area contributed by atoms with Crippen molar-refractivity contribution in [3.63, 3.8) is 0 Å². The van der Waals surface area contributed by atoms with Crippen molar-refractivity contribution >= 4 is 5.69 Å². The Morgan fingerprint density at radius 1 is 1.40 bits per heavy atom. The van der Waals surface area contributed by atoms with Crippen molar-refractivity contribution in [2.75, 3.05) is 39.1 Å². The summed E-state index contributed by atoms with van der Waals surface area (Å²) in [6, 6.07) is 7.81. The molecule has 0 aliphatic carbocycles. The molecule has 1 unspecified atom stereocenters. The monoisotopic (exact) mass is 280 g/mol. The highest BCUT2D eigenvalue weighted by Gasteiger charge is 2.20. The highest BCUT2D eigenvalue weighted by atomic mass is 16.5. The summed E-state index contributed by atoms with van der Waals surface area (Å²) in [6.45, 7) is 2.46. The number of aliphatic hydroxyl groups excluding tert-OH is 1. The fourth-order valence-corrected chi connectivity index (χ4v) is 2.46. The first-order valence-corrected chi connectivity index (χ1v) is 7.10. The maximum atomic E-state index is 10.1. The Hall–Kier alpha value is -1.30. The number of ether oxygens (including phenoxy) is 2. The number of nitrogen functional groups attached to an aromatic ring is 1. The summed E-state index contributed by atoms with van der Waals surface area (Å²) >= 11 is 0. The van der Waals surface area contributed by atoms with Crippen molar-refractivity contribution in [3.05, 3.63) is 24.3 Å².